The normalized spacial score (nSPS) is 12.9. The molecular formula is C10H23NO2. The van der Waals surface area contributed by atoms with Gasteiger partial charge >= 0.3 is 0 Å². The van der Waals surface area contributed by atoms with Crippen molar-refractivity contribution in [2.75, 3.05) is 33.4 Å². The van der Waals surface area contributed by atoms with Gasteiger partial charge in [-0.25, -0.2) is 0 Å². The maximum atomic E-state index is 9.08. The number of rotatable bonds is 6. The number of aliphatic hydroxyl groups is 2. The minimum atomic E-state index is -0.371. The summed E-state index contributed by atoms with van der Waals surface area (Å²) in [5.74, 6) is 0.617. The fraction of sp³-hybridized carbons (Fsp3) is 1.00. The predicted molar refractivity (Wildman–Crippen MR) is 54.6 cm³/mol. The fourth-order valence-electron chi connectivity index (χ4n) is 1.49. The quantitative estimate of drug-likeness (QED) is 0.642. The van der Waals surface area contributed by atoms with Crippen LogP contribution in [-0.2, 0) is 0 Å². The second-order valence-electron chi connectivity index (χ2n) is 4.72. The van der Waals surface area contributed by atoms with Gasteiger partial charge in [-0.05, 0) is 13.0 Å². The lowest BCUT2D eigenvalue weighted by Crippen LogP contribution is -2.40. The highest BCUT2D eigenvalue weighted by molar-refractivity contribution is 4.75. The molecule has 0 radical (unpaired) electrons. The van der Waals surface area contributed by atoms with Gasteiger partial charge in [-0.15, -0.1) is 0 Å². The average Bonchev–Trinajstić information content (AvgIpc) is 2.02. The van der Waals surface area contributed by atoms with Crippen LogP contribution in [0, 0.1) is 11.3 Å². The van der Waals surface area contributed by atoms with E-state index in [0.29, 0.717) is 5.92 Å². The van der Waals surface area contributed by atoms with Crippen molar-refractivity contribution >= 4 is 0 Å². The van der Waals surface area contributed by atoms with Crippen LogP contribution in [0.2, 0.25) is 0 Å². The molecule has 0 spiro atoms. The van der Waals surface area contributed by atoms with E-state index in [-0.39, 0.29) is 18.6 Å². The largest absolute Gasteiger partial charge is 0.396 e. The first-order chi connectivity index (χ1) is 5.93. The molecule has 0 aliphatic carbocycles. The van der Waals surface area contributed by atoms with E-state index in [0.717, 1.165) is 13.1 Å². The Morgan fingerprint density at radius 2 is 1.69 bits per heavy atom. The maximum Gasteiger partial charge on any atom is 0.0519 e. The summed E-state index contributed by atoms with van der Waals surface area (Å²) in [4.78, 5) is 2.15. The first kappa shape index (κ1) is 12.9. The maximum absolute atomic E-state index is 9.08. The Morgan fingerprint density at radius 1 is 1.23 bits per heavy atom. The van der Waals surface area contributed by atoms with E-state index in [1.165, 1.54) is 0 Å². The van der Waals surface area contributed by atoms with Gasteiger partial charge < -0.3 is 15.1 Å². The number of hydrogen-bond acceptors (Lipinski definition) is 3. The van der Waals surface area contributed by atoms with Crippen LogP contribution in [0.15, 0.2) is 0 Å². The molecule has 0 aromatic rings. The van der Waals surface area contributed by atoms with E-state index in [2.05, 4.69) is 18.7 Å². The summed E-state index contributed by atoms with van der Waals surface area (Å²) < 4.78 is 0. The highest BCUT2D eigenvalue weighted by Gasteiger charge is 2.24. The minimum absolute atomic E-state index is 0.0337. The molecule has 0 atom stereocenters. The van der Waals surface area contributed by atoms with Crippen molar-refractivity contribution in [1.29, 1.82) is 0 Å². The van der Waals surface area contributed by atoms with Gasteiger partial charge in [0, 0.05) is 18.5 Å². The summed E-state index contributed by atoms with van der Waals surface area (Å²) in [7, 11) is 2.02. The summed E-state index contributed by atoms with van der Waals surface area (Å²) in [5.41, 5.74) is -0.371. The molecule has 0 heterocycles. The number of aliphatic hydroxyl groups excluding tert-OH is 2. The van der Waals surface area contributed by atoms with E-state index in [1.54, 1.807) is 0 Å². The first-order valence-electron chi connectivity index (χ1n) is 4.84. The molecular weight excluding hydrogens is 166 g/mol. The molecule has 0 aromatic carbocycles. The van der Waals surface area contributed by atoms with Gasteiger partial charge in [-0.2, -0.15) is 0 Å². The number of hydrogen-bond donors (Lipinski definition) is 2. The van der Waals surface area contributed by atoms with Gasteiger partial charge in [-0.1, -0.05) is 20.8 Å². The monoisotopic (exact) mass is 189 g/mol. The molecule has 13 heavy (non-hydrogen) atoms. The van der Waals surface area contributed by atoms with Crippen LogP contribution >= 0.6 is 0 Å². The van der Waals surface area contributed by atoms with Crippen LogP contribution in [0.5, 0.6) is 0 Å². The SMILES string of the molecule is CC(C)CN(C)CC(C)(CO)CO. The molecule has 0 aliphatic rings. The lowest BCUT2D eigenvalue weighted by molar-refractivity contribution is 0.0395. The summed E-state index contributed by atoms with van der Waals surface area (Å²) in [6.07, 6.45) is 0. The van der Waals surface area contributed by atoms with Crippen LogP contribution in [-0.4, -0.2) is 48.5 Å². The van der Waals surface area contributed by atoms with Crippen LogP contribution in [0.4, 0.5) is 0 Å². The highest BCUT2D eigenvalue weighted by Crippen LogP contribution is 2.15. The summed E-state index contributed by atoms with van der Waals surface area (Å²) in [5, 5.41) is 18.2. The standard InChI is InChI=1S/C10H23NO2/c1-9(2)5-11(4)6-10(3,7-12)8-13/h9,12-13H,5-8H2,1-4H3. The molecule has 0 aromatic heterocycles. The van der Waals surface area contributed by atoms with E-state index in [4.69, 9.17) is 10.2 Å². The highest BCUT2D eigenvalue weighted by atomic mass is 16.3. The van der Waals surface area contributed by atoms with Gasteiger partial charge in [0.2, 0.25) is 0 Å². The lowest BCUT2D eigenvalue weighted by Gasteiger charge is -2.31. The molecule has 0 rings (SSSR count). The third-order valence-electron chi connectivity index (χ3n) is 2.09. The van der Waals surface area contributed by atoms with Crippen LogP contribution in [0.25, 0.3) is 0 Å². The molecule has 2 N–H and O–H groups in total. The van der Waals surface area contributed by atoms with Gasteiger partial charge in [0.25, 0.3) is 0 Å². The molecule has 0 bridgehead atoms. The van der Waals surface area contributed by atoms with Crippen molar-refractivity contribution in [3.8, 4) is 0 Å². The van der Waals surface area contributed by atoms with Crippen LogP contribution in [0.1, 0.15) is 20.8 Å². The van der Waals surface area contributed by atoms with E-state index >= 15 is 0 Å². The molecule has 0 amide bonds. The van der Waals surface area contributed by atoms with Gasteiger partial charge in [0.15, 0.2) is 0 Å². The lowest BCUT2D eigenvalue weighted by atomic mass is 9.92. The van der Waals surface area contributed by atoms with Gasteiger partial charge in [0.05, 0.1) is 13.2 Å². The van der Waals surface area contributed by atoms with Gasteiger partial charge in [0.1, 0.15) is 0 Å². The Labute approximate surface area is 81.4 Å². The molecule has 0 unspecified atom stereocenters. The first-order valence-corrected chi connectivity index (χ1v) is 4.84. The van der Waals surface area contributed by atoms with Crippen molar-refractivity contribution in [1.82, 2.24) is 4.90 Å². The molecule has 0 saturated carbocycles. The van der Waals surface area contributed by atoms with E-state index < -0.39 is 0 Å². The summed E-state index contributed by atoms with van der Waals surface area (Å²) in [6, 6.07) is 0. The molecule has 0 saturated heterocycles. The molecule has 80 valence electrons. The predicted octanol–water partition coefficient (Wildman–Crippen LogP) is 0.565. The average molecular weight is 189 g/mol. The Balaban J connectivity index is 3.94. The number of nitrogens with zero attached hydrogens (tertiary/aromatic N) is 1. The Morgan fingerprint density at radius 3 is 2.00 bits per heavy atom. The van der Waals surface area contributed by atoms with Crippen molar-refractivity contribution in [2.24, 2.45) is 11.3 Å². The van der Waals surface area contributed by atoms with Crippen molar-refractivity contribution < 1.29 is 10.2 Å². The zero-order valence-corrected chi connectivity index (χ0v) is 9.25. The van der Waals surface area contributed by atoms with Crippen molar-refractivity contribution in [2.45, 2.75) is 20.8 Å². The van der Waals surface area contributed by atoms with Crippen molar-refractivity contribution in [3.05, 3.63) is 0 Å². The Hall–Kier alpha value is -0.120. The zero-order chi connectivity index (χ0) is 10.5. The third kappa shape index (κ3) is 5.24. The topological polar surface area (TPSA) is 43.7 Å². The Kier molecular flexibility index (Phi) is 5.53. The smallest absolute Gasteiger partial charge is 0.0519 e. The molecule has 3 nitrogen and oxygen atoms in total. The third-order valence-corrected chi connectivity index (χ3v) is 2.09. The molecule has 0 aliphatic heterocycles. The molecule has 3 heteroatoms. The fourth-order valence-corrected chi connectivity index (χ4v) is 1.49. The van der Waals surface area contributed by atoms with Gasteiger partial charge in [-0.3, -0.25) is 0 Å². The summed E-state index contributed by atoms with van der Waals surface area (Å²) >= 11 is 0. The van der Waals surface area contributed by atoms with Crippen LogP contribution < -0.4 is 0 Å². The Bertz CT molecular complexity index is 133. The summed E-state index contributed by atoms with van der Waals surface area (Å²) in [6.45, 7) is 8.01. The second kappa shape index (κ2) is 5.58. The van der Waals surface area contributed by atoms with E-state index in [1.807, 2.05) is 14.0 Å². The minimum Gasteiger partial charge on any atom is -0.396 e. The molecule has 0 fully saturated rings. The zero-order valence-electron chi connectivity index (χ0n) is 9.25. The van der Waals surface area contributed by atoms with Crippen LogP contribution in [0.3, 0.4) is 0 Å². The second-order valence-corrected chi connectivity index (χ2v) is 4.72. The van der Waals surface area contributed by atoms with Crippen molar-refractivity contribution in [3.63, 3.8) is 0 Å². The van der Waals surface area contributed by atoms with E-state index in [9.17, 15) is 0 Å².